The Hall–Kier alpha value is -0.680. The summed E-state index contributed by atoms with van der Waals surface area (Å²) in [6.07, 6.45) is 7.57. The van der Waals surface area contributed by atoms with E-state index in [0.717, 1.165) is 4.90 Å². The van der Waals surface area contributed by atoms with Gasteiger partial charge in [0.15, 0.2) is 0 Å². The molecular weight excluding hydrogens is 266 g/mol. The van der Waals surface area contributed by atoms with E-state index in [4.69, 9.17) is 0 Å². The topological polar surface area (TPSA) is 46.2 Å². The number of sulfonamides is 1. The Balaban J connectivity index is 2.11. The highest BCUT2D eigenvalue weighted by Gasteiger charge is 2.16. The Kier molecular flexibility index (Phi) is 4.56. The van der Waals surface area contributed by atoms with Crippen LogP contribution in [0.3, 0.4) is 0 Å². The summed E-state index contributed by atoms with van der Waals surface area (Å²) in [5, 5.41) is 0.626. The summed E-state index contributed by atoms with van der Waals surface area (Å²) in [6.45, 7) is 0. The zero-order valence-corrected chi connectivity index (χ0v) is 12.2. The molecule has 0 spiro atoms. The number of thioether (sulfide) groups is 1. The molecule has 18 heavy (non-hydrogen) atoms. The molecule has 0 aliphatic heterocycles. The second kappa shape index (κ2) is 5.97. The van der Waals surface area contributed by atoms with Crippen molar-refractivity contribution in [3.63, 3.8) is 0 Å². The molecule has 5 heteroatoms. The minimum atomic E-state index is -3.20. The summed E-state index contributed by atoms with van der Waals surface area (Å²) >= 11 is 1.80. The predicted octanol–water partition coefficient (Wildman–Crippen LogP) is 3.48. The van der Waals surface area contributed by atoms with Crippen molar-refractivity contribution in [2.24, 2.45) is 0 Å². The van der Waals surface area contributed by atoms with Crippen molar-refractivity contribution in [1.29, 1.82) is 0 Å². The number of nitrogens with one attached hydrogen (secondary N) is 1. The predicted molar refractivity (Wildman–Crippen MR) is 77.6 cm³/mol. The quantitative estimate of drug-likeness (QED) is 0.921. The zero-order valence-electron chi connectivity index (χ0n) is 10.6. The van der Waals surface area contributed by atoms with Crippen LogP contribution in [0, 0.1) is 0 Å². The second-order valence-corrected chi connectivity index (χ2v) is 7.84. The molecule has 3 nitrogen and oxygen atoms in total. The number of hydrogen-bond acceptors (Lipinski definition) is 3. The molecule has 1 aromatic carbocycles. The summed E-state index contributed by atoms with van der Waals surface area (Å²) in [5.74, 6) is 0. The first-order valence-electron chi connectivity index (χ1n) is 6.28. The standard InChI is InChI=1S/C13H19NO2S2/c1-18(15,16)14-12-9-5-6-10-13(12)17-11-7-3-2-4-8-11/h5-6,9-11,14H,2-4,7-8H2,1H3. The lowest BCUT2D eigenvalue weighted by molar-refractivity contribution is 0.516. The fraction of sp³-hybridized carbons (Fsp3) is 0.538. The molecule has 0 bridgehead atoms. The normalized spacial score (nSPS) is 17.6. The molecule has 0 saturated heterocycles. The molecule has 0 aromatic heterocycles. The maximum Gasteiger partial charge on any atom is 0.229 e. The van der Waals surface area contributed by atoms with Crippen molar-refractivity contribution in [3.8, 4) is 0 Å². The largest absolute Gasteiger partial charge is 0.283 e. The first-order chi connectivity index (χ1) is 8.54. The molecule has 100 valence electrons. The highest BCUT2D eigenvalue weighted by atomic mass is 32.2. The first kappa shape index (κ1) is 13.7. The number of hydrogen-bond donors (Lipinski definition) is 1. The van der Waals surface area contributed by atoms with Crippen LogP contribution in [-0.2, 0) is 10.0 Å². The zero-order chi connectivity index (χ0) is 13.0. The third kappa shape index (κ3) is 4.21. The smallest absolute Gasteiger partial charge is 0.229 e. The van der Waals surface area contributed by atoms with Crippen LogP contribution >= 0.6 is 11.8 Å². The fourth-order valence-electron chi connectivity index (χ4n) is 2.22. The lowest BCUT2D eigenvalue weighted by Gasteiger charge is -2.22. The van der Waals surface area contributed by atoms with Crippen molar-refractivity contribution in [2.45, 2.75) is 42.2 Å². The van der Waals surface area contributed by atoms with Crippen molar-refractivity contribution in [2.75, 3.05) is 11.0 Å². The molecule has 0 amide bonds. The minimum absolute atomic E-state index is 0.626. The van der Waals surface area contributed by atoms with Gasteiger partial charge in [-0.1, -0.05) is 31.4 Å². The van der Waals surface area contributed by atoms with Gasteiger partial charge >= 0.3 is 0 Å². The van der Waals surface area contributed by atoms with Gasteiger partial charge in [0, 0.05) is 10.1 Å². The van der Waals surface area contributed by atoms with Crippen LogP contribution in [0.2, 0.25) is 0 Å². The van der Waals surface area contributed by atoms with Crippen molar-refractivity contribution < 1.29 is 8.42 Å². The molecular formula is C13H19NO2S2. The molecule has 2 rings (SSSR count). The highest BCUT2D eigenvalue weighted by Crippen LogP contribution is 2.37. The molecule has 1 aliphatic rings. The molecule has 1 aromatic rings. The van der Waals surface area contributed by atoms with E-state index in [-0.39, 0.29) is 0 Å². The fourth-order valence-corrected chi connectivity index (χ4v) is 4.19. The molecule has 1 fully saturated rings. The van der Waals surface area contributed by atoms with E-state index in [9.17, 15) is 8.42 Å². The lowest BCUT2D eigenvalue weighted by atomic mass is 10.0. The summed E-state index contributed by atoms with van der Waals surface area (Å²) in [5.41, 5.74) is 0.704. The molecule has 0 unspecified atom stereocenters. The summed E-state index contributed by atoms with van der Waals surface area (Å²) in [7, 11) is -3.20. The van der Waals surface area contributed by atoms with Crippen molar-refractivity contribution in [1.82, 2.24) is 0 Å². The van der Waals surface area contributed by atoms with E-state index in [2.05, 4.69) is 4.72 Å². The van der Waals surface area contributed by atoms with E-state index < -0.39 is 10.0 Å². The third-order valence-corrected chi connectivity index (χ3v) is 5.03. The van der Waals surface area contributed by atoms with Gasteiger partial charge in [-0.05, 0) is 25.0 Å². The van der Waals surface area contributed by atoms with Gasteiger partial charge in [0.25, 0.3) is 0 Å². The number of anilines is 1. The van der Waals surface area contributed by atoms with Crippen LogP contribution in [0.15, 0.2) is 29.2 Å². The van der Waals surface area contributed by atoms with E-state index in [1.165, 1.54) is 38.4 Å². The Morgan fingerprint density at radius 3 is 2.50 bits per heavy atom. The van der Waals surface area contributed by atoms with E-state index in [1.54, 1.807) is 11.8 Å². The molecule has 0 radical (unpaired) electrons. The summed E-state index contributed by atoms with van der Waals surface area (Å²) in [6, 6.07) is 7.63. The average molecular weight is 285 g/mol. The van der Waals surface area contributed by atoms with Crippen LogP contribution in [0.1, 0.15) is 32.1 Å². The number of benzene rings is 1. The van der Waals surface area contributed by atoms with Gasteiger partial charge in [0.1, 0.15) is 0 Å². The van der Waals surface area contributed by atoms with Crippen LogP contribution in [-0.4, -0.2) is 19.9 Å². The van der Waals surface area contributed by atoms with Crippen LogP contribution in [0.4, 0.5) is 5.69 Å². The number of para-hydroxylation sites is 1. The average Bonchev–Trinajstić information content (AvgIpc) is 2.31. The second-order valence-electron chi connectivity index (χ2n) is 4.75. The van der Waals surface area contributed by atoms with Crippen molar-refractivity contribution in [3.05, 3.63) is 24.3 Å². The van der Waals surface area contributed by atoms with E-state index >= 15 is 0 Å². The van der Waals surface area contributed by atoms with Gasteiger partial charge in [-0.3, -0.25) is 4.72 Å². The Labute approximate surface area is 113 Å². The molecule has 1 saturated carbocycles. The lowest BCUT2D eigenvalue weighted by Crippen LogP contribution is -2.12. The molecule has 0 heterocycles. The number of rotatable bonds is 4. The summed E-state index contributed by atoms with van der Waals surface area (Å²) < 4.78 is 25.2. The monoisotopic (exact) mass is 285 g/mol. The van der Waals surface area contributed by atoms with E-state index in [1.807, 2.05) is 24.3 Å². The van der Waals surface area contributed by atoms with Gasteiger partial charge in [-0.15, -0.1) is 11.8 Å². The maximum absolute atomic E-state index is 11.3. The maximum atomic E-state index is 11.3. The van der Waals surface area contributed by atoms with Gasteiger partial charge < -0.3 is 0 Å². The van der Waals surface area contributed by atoms with Gasteiger partial charge in [0.05, 0.1) is 11.9 Å². The summed E-state index contributed by atoms with van der Waals surface area (Å²) in [4.78, 5) is 1.04. The van der Waals surface area contributed by atoms with E-state index in [0.29, 0.717) is 10.9 Å². The molecule has 0 atom stereocenters. The Morgan fingerprint density at radius 2 is 1.83 bits per heavy atom. The molecule has 1 N–H and O–H groups in total. The van der Waals surface area contributed by atoms with Crippen LogP contribution in [0.25, 0.3) is 0 Å². The highest BCUT2D eigenvalue weighted by molar-refractivity contribution is 8.00. The van der Waals surface area contributed by atoms with Gasteiger partial charge in [-0.25, -0.2) is 8.42 Å². The Morgan fingerprint density at radius 1 is 1.17 bits per heavy atom. The van der Waals surface area contributed by atoms with Crippen molar-refractivity contribution >= 4 is 27.5 Å². The Bertz CT molecular complexity index is 493. The SMILES string of the molecule is CS(=O)(=O)Nc1ccccc1SC1CCCCC1. The van der Waals surface area contributed by atoms with Crippen LogP contribution < -0.4 is 4.72 Å². The van der Waals surface area contributed by atoms with Gasteiger partial charge in [0.2, 0.25) is 10.0 Å². The van der Waals surface area contributed by atoms with Gasteiger partial charge in [-0.2, -0.15) is 0 Å². The molecule has 1 aliphatic carbocycles. The third-order valence-electron chi connectivity index (χ3n) is 3.03. The first-order valence-corrected chi connectivity index (χ1v) is 9.05. The minimum Gasteiger partial charge on any atom is -0.283 e. The van der Waals surface area contributed by atoms with Crippen LogP contribution in [0.5, 0.6) is 0 Å².